The van der Waals surface area contributed by atoms with E-state index in [1.165, 1.54) is 18.4 Å². The van der Waals surface area contributed by atoms with Crippen molar-refractivity contribution < 1.29 is 4.79 Å². The number of allylic oxidation sites excluding steroid dienone is 1. The molecule has 0 amide bonds. The highest BCUT2D eigenvalue weighted by Crippen LogP contribution is 2.31. The quantitative estimate of drug-likeness (QED) is 0.419. The largest absolute Gasteiger partial charge is 0.292 e. The zero-order chi connectivity index (χ0) is 17.5. The maximum atomic E-state index is 12.2. The first-order valence-electron chi connectivity index (χ1n) is 7.90. The minimum absolute atomic E-state index is 0.146. The Morgan fingerprint density at radius 1 is 1.33 bits per heavy atom. The van der Waals surface area contributed by atoms with E-state index >= 15 is 0 Å². The van der Waals surface area contributed by atoms with Crippen molar-refractivity contribution in [3.8, 4) is 6.07 Å². The monoisotopic (exact) mass is 363 g/mol. The number of Topliss-reactive ketones (excluding diaryl/α,β-unsaturated/α-hetero) is 1. The van der Waals surface area contributed by atoms with E-state index < -0.39 is 0 Å². The number of hydrazone groups is 1. The molecular formula is C18H19Cl2N3O. The average molecular weight is 364 g/mol. The van der Waals surface area contributed by atoms with Crippen molar-refractivity contribution in [2.75, 3.05) is 5.43 Å². The van der Waals surface area contributed by atoms with Crippen LogP contribution in [0.3, 0.4) is 0 Å². The number of ketones is 1. The van der Waals surface area contributed by atoms with E-state index in [9.17, 15) is 4.79 Å². The minimum Gasteiger partial charge on any atom is -0.292 e. The lowest BCUT2D eigenvalue weighted by atomic mass is 9.82. The Labute approximate surface area is 152 Å². The lowest BCUT2D eigenvalue weighted by Gasteiger charge is -2.23. The molecule has 126 valence electrons. The first kappa shape index (κ1) is 18.5. The number of benzene rings is 1. The molecule has 1 atom stereocenters. The topological polar surface area (TPSA) is 65.2 Å². The molecule has 1 aromatic carbocycles. The predicted molar refractivity (Wildman–Crippen MR) is 98.5 cm³/mol. The third-order valence-corrected chi connectivity index (χ3v) is 4.56. The number of hydrogen-bond donors (Lipinski definition) is 1. The second-order valence-electron chi connectivity index (χ2n) is 5.90. The molecule has 0 saturated heterocycles. The summed E-state index contributed by atoms with van der Waals surface area (Å²) in [6.45, 7) is 4.09. The van der Waals surface area contributed by atoms with Crippen LogP contribution in [-0.4, -0.2) is 11.5 Å². The minimum atomic E-state index is -0.267. The number of carbonyl (C=O) groups is 1. The average Bonchev–Trinajstić information content (AvgIpc) is 2.53. The van der Waals surface area contributed by atoms with Crippen molar-refractivity contribution in [3.63, 3.8) is 0 Å². The van der Waals surface area contributed by atoms with Gasteiger partial charge in [-0.15, -0.1) is 0 Å². The van der Waals surface area contributed by atoms with Gasteiger partial charge in [0.25, 0.3) is 0 Å². The van der Waals surface area contributed by atoms with E-state index in [0.29, 0.717) is 28.1 Å². The summed E-state index contributed by atoms with van der Waals surface area (Å²) in [7, 11) is 0. The van der Waals surface area contributed by atoms with Crippen molar-refractivity contribution in [1.82, 2.24) is 0 Å². The van der Waals surface area contributed by atoms with Gasteiger partial charge >= 0.3 is 0 Å². The summed E-state index contributed by atoms with van der Waals surface area (Å²) in [5.41, 5.74) is 4.26. The highest BCUT2D eigenvalue weighted by molar-refractivity contribution is 6.46. The standard InChI is InChI=1S/C18H19Cl2N3O/c1-12-4-2-3-5-13(12)6-7-18(24)17(11-21)23-22-16-9-14(19)8-15(20)10-16/h8-10,13,22H,1-7H2/b23-17+. The molecule has 1 aliphatic carbocycles. The lowest BCUT2D eigenvalue weighted by Crippen LogP contribution is -2.17. The van der Waals surface area contributed by atoms with E-state index in [1.807, 2.05) is 6.07 Å². The molecule has 1 aliphatic rings. The molecular weight excluding hydrogens is 345 g/mol. The van der Waals surface area contributed by atoms with Gasteiger partial charge in [-0.05, 0) is 49.8 Å². The van der Waals surface area contributed by atoms with Crippen LogP contribution >= 0.6 is 23.2 Å². The Balaban J connectivity index is 1.95. The third kappa shape index (κ3) is 5.36. The Morgan fingerprint density at radius 3 is 2.67 bits per heavy atom. The molecule has 0 aliphatic heterocycles. The van der Waals surface area contributed by atoms with E-state index in [1.54, 1.807) is 18.2 Å². The second kappa shape index (κ2) is 8.86. The zero-order valence-corrected chi connectivity index (χ0v) is 14.8. The Hall–Kier alpha value is -1.83. The smallest absolute Gasteiger partial charge is 0.203 e. The van der Waals surface area contributed by atoms with E-state index in [-0.39, 0.29) is 11.5 Å². The molecule has 0 bridgehead atoms. The molecule has 1 fully saturated rings. The van der Waals surface area contributed by atoms with Crippen LogP contribution in [0, 0.1) is 17.2 Å². The molecule has 4 nitrogen and oxygen atoms in total. The molecule has 24 heavy (non-hydrogen) atoms. The van der Waals surface area contributed by atoms with Crippen LogP contribution in [0.1, 0.15) is 38.5 Å². The van der Waals surface area contributed by atoms with Crippen LogP contribution in [0.4, 0.5) is 5.69 Å². The highest BCUT2D eigenvalue weighted by Gasteiger charge is 2.20. The summed E-state index contributed by atoms with van der Waals surface area (Å²) < 4.78 is 0. The van der Waals surface area contributed by atoms with E-state index in [4.69, 9.17) is 28.5 Å². The molecule has 1 unspecified atom stereocenters. The van der Waals surface area contributed by atoms with Gasteiger partial charge in [0.2, 0.25) is 5.71 Å². The fourth-order valence-electron chi connectivity index (χ4n) is 2.81. The van der Waals surface area contributed by atoms with Crippen molar-refractivity contribution in [2.24, 2.45) is 11.0 Å². The van der Waals surface area contributed by atoms with Crippen LogP contribution in [0.25, 0.3) is 0 Å². The maximum Gasteiger partial charge on any atom is 0.203 e. The van der Waals surface area contributed by atoms with Gasteiger partial charge in [-0.1, -0.05) is 41.8 Å². The van der Waals surface area contributed by atoms with Gasteiger partial charge in [-0.25, -0.2) is 0 Å². The van der Waals surface area contributed by atoms with Crippen LogP contribution in [-0.2, 0) is 4.79 Å². The highest BCUT2D eigenvalue weighted by atomic mass is 35.5. The van der Waals surface area contributed by atoms with Crippen LogP contribution < -0.4 is 5.43 Å². The van der Waals surface area contributed by atoms with Crippen molar-refractivity contribution >= 4 is 40.4 Å². The summed E-state index contributed by atoms with van der Waals surface area (Å²) in [6.07, 6.45) is 5.49. The van der Waals surface area contributed by atoms with Gasteiger partial charge in [0.05, 0.1) is 5.69 Å². The maximum absolute atomic E-state index is 12.2. The second-order valence-corrected chi connectivity index (χ2v) is 6.78. The number of nitrogens with zero attached hydrogens (tertiary/aromatic N) is 2. The third-order valence-electron chi connectivity index (χ3n) is 4.13. The molecule has 1 saturated carbocycles. The number of rotatable bonds is 6. The molecule has 0 spiro atoms. The Kier molecular flexibility index (Phi) is 6.84. The van der Waals surface area contributed by atoms with Crippen LogP contribution in [0.2, 0.25) is 10.0 Å². The molecule has 1 aromatic rings. The normalized spacial score (nSPS) is 18.1. The van der Waals surface area contributed by atoms with Gasteiger partial charge in [0.15, 0.2) is 5.78 Å². The SMILES string of the molecule is C=C1CCCCC1CCC(=O)/C(C#N)=N/Nc1cc(Cl)cc(Cl)c1. The Morgan fingerprint density at radius 2 is 2.04 bits per heavy atom. The van der Waals surface area contributed by atoms with Gasteiger partial charge in [0.1, 0.15) is 6.07 Å². The van der Waals surface area contributed by atoms with Crippen molar-refractivity contribution in [1.29, 1.82) is 5.26 Å². The van der Waals surface area contributed by atoms with Gasteiger partial charge in [-0.2, -0.15) is 10.4 Å². The predicted octanol–water partition coefficient (Wildman–Crippen LogP) is 5.38. The van der Waals surface area contributed by atoms with Crippen LogP contribution in [0.5, 0.6) is 0 Å². The summed E-state index contributed by atoms with van der Waals surface area (Å²) in [4.78, 5) is 12.2. The number of halogens is 2. The fourth-order valence-corrected chi connectivity index (χ4v) is 3.34. The summed E-state index contributed by atoms with van der Waals surface area (Å²) >= 11 is 11.8. The van der Waals surface area contributed by atoms with Gasteiger partial charge in [0, 0.05) is 16.5 Å². The molecule has 6 heteroatoms. The molecule has 0 heterocycles. The first-order valence-corrected chi connectivity index (χ1v) is 8.66. The number of anilines is 1. The molecule has 0 aromatic heterocycles. The summed E-state index contributed by atoms with van der Waals surface area (Å²) in [5.74, 6) is 0.110. The first-order chi connectivity index (χ1) is 11.5. The van der Waals surface area contributed by atoms with E-state index in [0.717, 1.165) is 19.3 Å². The summed E-state index contributed by atoms with van der Waals surface area (Å²) in [5, 5.41) is 13.9. The number of nitriles is 1. The van der Waals surface area contributed by atoms with Crippen molar-refractivity contribution in [2.45, 2.75) is 38.5 Å². The molecule has 1 N–H and O–H groups in total. The fraction of sp³-hybridized carbons (Fsp3) is 0.389. The van der Waals surface area contributed by atoms with E-state index in [2.05, 4.69) is 17.1 Å². The van der Waals surface area contributed by atoms with Crippen LogP contribution in [0.15, 0.2) is 35.5 Å². The summed E-state index contributed by atoms with van der Waals surface area (Å²) in [6, 6.07) is 6.67. The lowest BCUT2D eigenvalue weighted by molar-refractivity contribution is -0.113. The number of nitrogens with one attached hydrogen (secondary N) is 1. The number of hydrogen-bond acceptors (Lipinski definition) is 4. The Bertz CT molecular complexity index is 686. The molecule has 0 radical (unpaired) electrons. The van der Waals surface area contributed by atoms with Gasteiger partial charge in [-0.3, -0.25) is 10.2 Å². The zero-order valence-electron chi connectivity index (χ0n) is 13.3. The van der Waals surface area contributed by atoms with Crippen molar-refractivity contribution in [3.05, 3.63) is 40.4 Å². The van der Waals surface area contributed by atoms with Gasteiger partial charge < -0.3 is 0 Å². The number of carbonyl (C=O) groups excluding carboxylic acids is 1. The molecule has 2 rings (SSSR count).